The second-order valence-electron chi connectivity index (χ2n) is 3.91. The molecule has 0 saturated heterocycles. The van der Waals surface area contributed by atoms with Crippen LogP contribution in [0, 0.1) is 0 Å². The molecule has 0 spiro atoms. The highest BCUT2D eigenvalue weighted by atomic mass is 79.9. The molecule has 90 valence electrons. The summed E-state index contributed by atoms with van der Waals surface area (Å²) < 4.78 is 1.07. The smallest absolute Gasteiger partial charge is 0.0441 e. The normalized spacial score (nSPS) is 14.8. The van der Waals surface area contributed by atoms with E-state index in [9.17, 15) is 0 Å². The summed E-state index contributed by atoms with van der Waals surface area (Å²) in [6, 6.07) is 6.20. The SMILES string of the molecule is CC(CCO)Sc1cc(Br)ccc1C(C)N. The largest absolute Gasteiger partial charge is 0.396 e. The third-order valence-electron chi connectivity index (χ3n) is 2.33. The van der Waals surface area contributed by atoms with E-state index >= 15 is 0 Å². The van der Waals surface area contributed by atoms with E-state index in [1.165, 1.54) is 4.90 Å². The summed E-state index contributed by atoms with van der Waals surface area (Å²) in [6.07, 6.45) is 0.801. The van der Waals surface area contributed by atoms with E-state index in [0.29, 0.717) is 5.25 Å². The molecule has 0 heterocycles. The summed E-state index contributed by atoms with van der Waals surface area (Å²) in [5, 5.41) is 9.30. The molecule has 0 aliphatic heterocycles. The summed E-state index contributed by atoms with van der Waals surface area (Å²) in [5.74, 6) is 0. The first-order chi connectivity index (χ1) is 7.54. The predicted molar refractivity (Wildman–Crippen MR) is 73.8 cm³/mol. The van der Waals surface area contributed by atoms with Gasteiger partial charge in [-0.3, -0.25) is 0 Å². The first kappa shape index (κ1) is 14.0. The molecular weight excluding hydrogens is 286 g/mol. The van der Waals surface area contributed by atoms with E-state index < -0.39 is 0 Å². The molecule has 1 rings (SSSR count). The maximum Gasteiger partial charge on any atom is 0.0441 e. The lowest BCUT2D eigenvalue weighted by molar-refractivity contribution is 0.289. The minimum Gasteiger partial charge on any atom is -0.396 e. The molecule has 1 aromatic rings. The van der Waals surface area contributed by atoms with E-state index in [0.717, 1.165) is 16.5 Å². The molecule has 1 aromatic carbocycles. The highest BCUT2D eigenvalue weighted by Gasteiger charge is 2.11. The van der Waals surface area contributed by atoms with E-state index in [1.807, 2.05) is 13.0 Å². The van der Waals surface area contributed by atoms with Crippen LogP contribution in [0.15, 0.2) is 27.6 Å². The minimum absolute atomic E-state index is 0.0388. The van der Waals surface area contributed by atoms with Gasteiger partial charge in [0.2, 0.25) is 0 Å². The zero-order valence-corrected chi connectivity index (χ0v) is 12.0. The van der Waals surface area contributed by atoms with Gasteiger partial charge in [-0.05, 0) is 31.0 Å². The summed E-state index contributed by atoms with van der Waals surface area (Å²) in [4.78, 5) is 1.20. The molecule has 0 aliphatic rings. The van der Waals surface area contributed by atoms with Crippen LogP contribution in [-0.2, 0) is 0 Å². The van der Waals surface area contributed by atoms with Gasteiger partial charge in [-0.15, -0.1) is 11.8 Å². The molecule has 0 aliphatic carbocycles. The maximum atomic E-state index is 8.90. The summed E-state index contributed by atoms with van der Waals surface area (Å²) in [7, 11) is 0. The maximum absolute atomic E-state index is 8.90. The minimum atomic E-state index is 0.0388. The van der Waals surface area contributed by atoms with Gasteiger partial charge in [-0.2, -0.15) is 0 Å². The number of rotatable bonds is 5. The molecule has 0 radical (unpaired) electrons. The van der Waals surface area contributed by atoms with Crippen molar-refractivity contribution < 1.29 is 5.11 Å². The number of thioether (sulfide) groups is 1. The van der Waals surface area contributed by atoms with Crippen LogP contribution in [0.5, 0.6) is 0 Å². The molecule has 2 atom stereocenters. The Morgan fingerprint density at radius 1 is 1.44 bits per heavy atom. The Labute approximate surface area is 110 Å². The predicted octanol–water partition coefficient (Wildman–Crippen LogP) is 3.33. The molecule has 4 heteroatoms. The van der Waals surface area contributed by atoms with Gasteiger partial charge in [0.25, 0.3) is 0 Å². The first-order valence-electron chi connectivity index (χ1n) is 5.37. The molecule has 0 bridgehead atoms. The number of halogens is 1. The van der Waals surface area contributed by atoms with Gasteiger partial charge in [-0.25, -0.2) is 0 Å². The van der Waals surface area contributed by atoms with E-state index in [1.54, 1.807) is 11.8 Å². The fourth-order valence-corrected chi connectivity index (χ4v) is 3.20. The third kappa shape index (κ3) is 4.09. The Kier molecular flexibility index (Phi) is 5.83. The van der Waals surface area contributed by atoms with Crippen LogP contribution < -0.4 is 5.73 Å². The van der Waals surface area contributed by atoms with Crippen molar-refractivity contribution >= 4 is 27.7 Å². The molecular formula is C12H18BrNOS. The second kappa shape index (κ2) is 6.64. The van der Waals surface area contributed by atoms with Crippen molar-refractivity contribution in [2.45, 2.75) is 36.5 Å². The van der Waals surface area contributed by atoms with Gasteiger partial charge in [0, 0.05) is 27.3 Å². The third-order valence-corrected chi connectivity index (χ3v) is 4.07. The van der Waals surface area contributed by atoms with Crippen molar-refractivity contribution in [2.75, 3.05) is 6.61 Å². The molecule has 0 amide bonds. The van der Waals surface area contributed by atoms with Gasteiger partial charge in [-0.1, -0.05) is 28.9 Å². The van der Waals surface area contributed by atoms with Crippen LogP contribution in [0.25, 0.3) is 0 Å². The fourth-order valence-electron chi connectivity index (χ4n) is 1.44. The van der Waals surface area contributed by atoms with Gasteiger partial charge < -0.3 is 10.8 Å². The number of hydrogen-bond acceptors (Lipinski definition) is 3. The van der Waals surface area contributed by atoms with Crippen LogP contribution in [-0.4, -0.2) is 17.0 Å². The lowest BCUT2D eigenvalue weighted by Crippen LogP contribution is -2.08. The zero-order chi connectivity index (χ0) is 12.1. The molecule has 2 unspecified atom stereocenters. The highest BCUT2D eigenvalue weighted by molar-refractivity contribution is 9.10. The monoisotopic (exact) mass is 303 g/mol. The first-order valence-corrected chi connectivity index (χ1v) is 7.04. The lowest BCUT2D eigenvalue weighted by atomic mass is 10.1. The fraction of sp³-hybridized carbons (Fsp3) is 0.500. The van der Waals surface area contributed by atoms with Gasteiger partial charge in [0.15, 0.2) is 0 Å². The number of benzene rings is 1. The highest BCUT2D eigenvalue weighted by Crippen LogP contribution is 2.33. The van der Waals surface area contributed by atoms with Gasteiger partial charge in [0.05, 0.1) is 0 Å². The topological polar surface area (TPSA) is 46.2 Å². The van der Waals surface area contributed by atoms with Crippen LogP contribution in [0.4, 0.5) is 0 Å². The quantitative estimate of drug-likeness (QED) is 0.820. The number of aliphatic hydroxyl groups excluding tert-OH is 1. The molecule has 0 aromatic heterocycles. The summed E-state index contributed by atoms with van der Waals surface area (Å²) in [5.41, 5.74) is 7.10. The molecule has 2 nitrogen and oxygen atoms in total. The molecule has 0 fully saturated rings. The number of aliphatic hydroxyl groups is 1. The average molecular weight is 304 g/mol. The second-order valence-corrected chi connectivity index (χ2v) is 6.31. The Morgan fingerprint density at radius 3 is 2.69 bits per heavy atom. The van der Waals surface area contributed by atoms with E-state index in [-0.39, 0.29) is 12.6 Å². The van der Waals surface area contributed by atoms with Crippen molar-refractivity contribution in [3.05, 3.63) is 28.2 Å². The Bertz CT molecular complexity index is 344. The van der Waals surface area contributed by atoms with Gasteiger partial charge in [0.1, 0.15) is 0 Å². The standard InChI is InChI=1S/C12H18BrNOS/c1-8(5-6-15)16-12-7-10(13)3-4-11(12)9(2)14/h3-4,7-9,15H,5-6,14H2,1-2H3. The van der Waals surface area contributed by atoms with Crippen molar-refractivity contribution in [3.8, 4) is 0 Å². The zero-order valence-electron chi connectivity index (χ0n) is 9.61. The average Bonchev–Trinajstić information content (AvgIpc) is 2.17. The summed E-state index contributed by atoms with van der Waals surface area (Å²) in [6.45, 7) is 4.34. The Morgan fingerprint density at radius 2 is 2.12 bits per heavy atom. The van der Waals surface area contributed by atoms with Crippen molar-refractivity contribution in [2.24, 2.45) is 5.73 Å². The summed E-state index contributed by atoms with van der Waals surface area (Å²) >= 11 is 5.24. The van der Waals surface area contributed by atoms with E-state index in [2.05, 4.69) is 35.0 Å². The van der Waals surface area contributed by atoms with Gasteiger partial charge >= 0.3 is 0 Å². The number of nitrogens with two attached hydrogens (primary N) is 1. The van der Waals surface area contributed by atoms with Crippen LogP contribution >= 0.6 is 27.7 Å². The van der Waals surface area contributed by atoms with Crippen LogP contribution in [0.1, 0.15) is 31.9 Å². The van der Waals surface area contributed by atoms with Crippen molar-refractivity contribution in [1.29, 1.82) is 0 Å². The van der Waals surface area contributed by atoms with Crippen molar-refractivity contribution in [1.82, 2.24) is 0 Å². The Hall–Kier alpha value is -0.0300. The number of hydrogen-bond donors (Lipinski definition) is 2. The molecule has 0 saturated carbocycles. The van der Waals surface area contributed by atoms with Crippen LogP contribution in [0.2, 0.25) is 0 Å². The van der Waals surface area contributed by atoms with Crippen LogP contribution in [0.3, 0.4) is 0 Å². The lowest BCUT2D eigenvalue weighted by Gasteiger charge is -2.16. The van der Waals surface area contributed by atoms with E-state index in [4.69, 9.17) is 10.8 Å². The Balaban J connectivity index is 2.87. The van der Waals surface area contributed by atoms with Crippen molar-refractivity contribution in [3.63, 3.8) is 0 Å². The molecule has 3 N–H and O–H groups in total. The molecule has 16 heavy (non-hydrogen) atoms.